The minimum Gasteiger partial charge on any atom is -0.399 e. The second-order valence-electron chi connectivity index (χ2n) is 3.35. The maximum absolute atomic E-state index is 5.72. The largest absolute Gasteiger partial charge is 0.399 e. The van der Waals surface area contributed by atoms with Gasteiger partial charge in [0.2, 0.25) is 0 Å². The first kappa shape index (κ1) is 8.17. The van der Waals surface area contributed by atoms with E-state index in [0.717, 1.165) is 12.2 Å². The Hall–Kier alpha value is -1.44. The van der Waals surface area contributed by atoms with E-state index in [4.69, 9.17) is 5.73 Å². The first-order chi connectivity index (χ1) is 6.22. The highest BCUT2D eigenvalue weighted by Gasteiger charge is 2.02. The number of nitrogens with zero attached hydrogens (tertiary/aromatic N) is 1. The molecule has 0 fully saturated rings. The number of benzene rings is 1. The molecule has 0 radical (unpaired) electrons. The van der Waals surface area contributed by atoms with Crippen molar-refractivity contribution < 1.29 is 0 Å². The molecule has 0 amide bonds. The molecule has 2 nitrogen and oxygen atoms in total. The molecule has 0 bridgehead atoms. The summed E-state index contributed by atoms with van der Waals surface area (Å²) in [4.78, 5) is 0. The molecular formula is C11H14N2. The van der Waals surface area contributed by atoms with Gasteiger partial charge in [0.1, 0.15) is 0 Å². The van der Waals surface area contributed by atoms with Crippen LogP contribution in [0.2, 0.25) is 0 Å². The van der Waals surface area contributed by atoms with Gasteiger partial charge in [-0.1, -0.05) is 0 Å². The van der Waals surface area contributed by atoms with Crippen molar-refractivity contribution in [2.45, 2.75) is 20.4 Å². The Bertz CT molecular complexity index is 441. The van der Waals surface area contributed by atoms with Crippen LogP contribution in [0, 0.1) is 6.92 Å². The van der Waals surface area contributed by atoms with Gasteiger partial charge in [0, 0.05) is 28.8 Å². The van der Waals surface area contributed by atoms with Crippen molar-refractivity contribution in [3.05, 3.63) is 30.0 Å². The Balaban J connectivity index is 2.79. The second-order valence-corrected chi connectivity index (χ2v) is 3.35. The molecule has 0 aliphatic carbocycles. The molecule has 2 aromatic rings. The molecule has 0 atom stereocenters. The van der Waals surface area contributed by atoms with Gasteiger partial charge in [-0.15, -0.1) is 0 Å². The molecule has 2 heteroatoms. The highest BCUT2D eigenvalue weighted by atomic mass is 15.0. The quantitative estimate of drug-likeness (QED) is 0.662. The van der Waals surface area contributed by atoms with Gasteiger partial charge in [0.15, 0.2) is 0 Å². The maximum atomic E-state index is 5.72. The Morgan fingerprint density at radius 3 is 2.77 bits per heavy atom. The van der Waals surface area contributed by atoms with Crippen molar-refractivity contribution in [3.63, 3.8) is 0 Å². The molecule has 0 unspecified atom stereocenters. The molecule has 0 spiro atoms. The Labute approximate surface area is 78.0 Å². The topological polar surface area (TPSA) is 30.9 Å². The summed E-state index contributed by atoms with van der Waals surface area (Å²) < 4.78 is 2.29. The fourth-order valence-electron chi connectivity index (χ4n) is 1.85. The Morgan fingerprint density at radius 2 is 2.08 bits per heavy atom. The zero-order valence-corrected chi connectivity index (χ0v) is 8.04. The Kier molecular flexibility index (Phi) is 1.76. The molecule has 0 aliphatic heterocycles. The molecule has 0 aliphatic rings. The van der Waals surface area contributed by atoms with Gasteiger partial charge >= 0.3 is 0 Å². The predicted octanol–water partition coefficient (Wildman–Crippen LogP) is 2.55. The van der Waals surface area contributed by atoms with E-state index in [0.29, 0.717) is 0 Å². The van der Waals surface area contributed by atoms with Crippen LogP contribution in [0.25, 0.3) is 10.9 Å². The molecule has 0 saturated heterocycles. The van der Waals surface area contributed by atoms with Crippen molar-refractivity contribution in [3.8, 4) is 0 Å². The summed E-state index contributed by atoms with van der Waals surface area (Å²) >= 11 is 0. The maximum Gasteiger partial charge on any atom is 0.0483 e. The van der Waals surface area contributed by atoms with Crippen molar-refractivity contribution in [1.82, 2.24) is 4.57 Å². The number of nitrogens with two attached hydrogens (primary N) is 1. The normalized spacial score (nSPS) is 10.9. The number of hydrogen-bond donors (Lipinski definition) is 1. The summed E-state index contributed by atoms with van der Waals surface area (Å²) in [5.74, 6) is 0. The van der Waals surface area contributed by atoms with Crippen molar-refractivity contribution >= 4 is 16.6 Å². The number of nitrogen functional groups attached to an aromatic ring is 1. The summed E-state index contributed by atoms with van der Waals surface area (Å²) in [5, 5.41) is 1.24. The molecule has 13 heavy (non-hydrogen) atoms. The lowest BCUT2D eigenvalue weighted by atomic mass is 10.2. The lowest BCUT2D eigenvalue weighted by Crippen LogP contribution is -1.95. The first-order valence-electron chi connectivity index (χ1n) is 4.57. The second kappa shape index (κ2) is 2.80. The van der Waals surface area contributed by atoms with Crippen LogP contribution in [0.5, 0.6) is 0 Å². The van der Waals surface area contributed by atoms with Gasteiger partial charge in [0.25, 0.3) is 0 Å². The lowest BCUT2D eigenvalue weighted by molar-refractivity contribution is 0.770. The van der Waals surface area contributed by atoms with Crippen LogP contribution in [-0.4, -0.2) is 4.57 Å². The van der Waals surface area contributed by atoms with Crippen LogP contribution in [-0.2, 0) is 6.54 Å². The standard InChI is InChI=1S/C11H14N2/c1-3-13-8(2)6-9-7-10(12)4-5-11(9)13/h4-7H,3,12H2,1-2H3. The summed E-state index contributed by atoms with van der Waals surface area (Å²) in [7, 11) is 0. The van der Waals surface area contributed by atoms with Crippen LogP contribution in [0.1, 0.15) is 12.6 Å². The number of rotatable bonds is 1. The zero-order valence-electron chi connectivity index (χ0n) is 8.04. The summed E-state index contributed by atoms with van der Waals surface area (Å²) in [5.41, 5.74) is 9.12. The lowest BCUT2D eigenvalue weighted by Gasteiger charge is -2.03. The third-order valence-corrected chi connectivity index (χ3v) is 2.45. The minimum absolute atomic E-state index is 0.834. The third kappa shape index (κ3) is 1.18. The van der Waals surface area contributed by atoms with Crippen LogP contribution in [0.3, 0.4) is 0 Å². The molecule has 1 aromatic heterocycles. The molecular weight excluding hydrogens is 160 g/mol. The molecule has 1 aromatic carbocycles. The molecule has 2 N–H and O–H groups in total. The highest BCUT2D eigenvalue weighted by Crippen LogP contribution is 2.21. The fraction of sp³-hybridized carbons (Fsp3) is 0.273. The smallest absolute Gasteiger partial charge is 0.0483 e. The van der Waals surface area contributed by atoms with Crippen LogP contribution in [0.15, 0.2) is 24.3 Å². The van der Waals surface area contributed by atoms with E-state index in [1.807, 2.05) is 12.1 Å². The minimum atomic E-state index is 0.834. The number of aromatic nitrogens is 1. The van der Waals surface area contributed by atoms with E-state index in [1.54, 1.807) is 0 Å². The van der Waals surface area contributed by atoms with Gasteiger partial charge in [0.05, 0.1) is 0 Å². The van der Waals surface area contributed by atoms with Gasteiger partial charge < -0.3 is 10.3 Å². The number of aryl methyl sites for hydroxylation is 2. The zero-order chi connectivity index (χ0) is 9.42. The fourth-order valence-corrected chi connectivity index (χ4v) is 1.85. The molecule has 0 saturated carbocycles. The van der Waals surface area contributed by atoms with E-state index < -0.39 is 0 Å². The highest BCUT2D eigenvalue weighted by molar-refractivity contribution is 5.84. The predicted molar refractivity (Wildman–Crippen MR) is 56.8 cm³/mol. The van der Waals surface area contributed by atoms with E-state index in [2.05, 4.69) is 30.5 Å². The van der Waals surface area contributed by atoms with E-state index in [9.17, 15) is 0 Å². The average Bonchev–Trinajstić information content (AvgIpc) is 2.39. The van der Waals surface area contributed by atoms with Crippen LogP contribution >= 0.6 is 0 Å². The third-order valence-electron chi connectivity index (χ3n) is 2.45. The summed E-state index contributed by atoms with van der Waals surface area (Å²) in [6.07, 6.45) is 0. The Morgan fingerprint density at radius 1 is 1.31 bits per heavy atom. The van der Waals surface area contributed by atoms with Crippen molar-refractivity contribution in [2.24, 2.45) is 0 Å². The van der Waals surface area contributed by atoms with Crippen molar-refractivity contribution in [2.75, 3.05) is 5.73 Å². The van der Waals surface area contributed by atoms with Crippen molar-refractivity contribution in [1.29, 1.82) is 0 Å². The van der Waals surface area contributed by atoms with Gasteiger partial charge in [-0.25, -0.2) is 0 Å². The van der Waals surface area contributed by atoms with Gasteiger partial charge in [-0.05, 0) is 38.1 Å². The van der Waals surface area contributed by atoms with E-state index in [1.165, 1.54) is 16.6 Å². The number of hydrogen-bond acceptors (Lipinski definition) is 1. The number of fused-ring (bicyclic) bond motifs is 1. The van der Waals surface area contributed by atoms with E-state index in [-0.39, 0.29) is 0 Å². The average molecular weight is 174 g/mol. The first-order valence-corrected chi connectivity index (χ1v) is 4.57. The van der Waals surface area contributed by atoms with Crippen LogP contribution in [0.4, 0.5) is 5.69 Å². The molecule has 68 valence electrons. The van der Waals surface area contributed by atoms with Gasteiger partial charge in [-0.3, -0.25) is 0 Å². The molecule has 1 heterocycles. The SMILES string of the molecule is CCn1c(C)cc2cc(N)ccc21. The van der Waals surface area contributed by atoms with E-state index >= 15 is 0 Å². The molecule has 2 rings (SSSR count). The summed E-state index contributed by atoms with van der Waals surface area (Å²) in [6.45, 7) is 5.29. The number of anilines is 1. The monoisotopic (exact) mass is 174 g/mol. The van der Waals surface area contributed by atoms with Gasteiger partial charge in [-0.2, -0.15) is 0 Å². The van der Waals surface area contributed by atoms with Crippen LogP contribution < -0.4 is 5.73 Å². The summed E-state index contributed by atoms with van der Waals surface area (Å²) in [6, 6.07) is 8.23.